The number of anilines is 1. The molecular formula is C15H19NO3. The molecule has 1 aliphatic rings. The van der Waals surface area contributed by atoms with Crippen LogP contribution in [-0.4, -0.2) is 31.4 Å². The van der Waals surface area contributed by atoms with Crippen LogP contribution >= 0.6 is 0 Å². The molecule has 0 radical (unpaired) electrons. The van der Waals surface area contributed by atoms with Crippen LogP contribution in [0.1, 0.15) is 36.5 Å². The summed E-state index contributed by atoms with van der Waals surface area (Å²) < 4.78 is 5.14. The summed E-state index contributed by atoms with van der Waals surface area (Å²) in [5, 5.41) is 0. The normalized spacial score (nSPS) is 19.0. The highest BCUT2D eigenvalue weighted by Gasteiger charge is 2.29. The first-order chi connectivity index (χ1) is 9.26. The molecule has 0 N–H and O–H groups in total. The van der Waals surface area contributed by atoms with E-state index in [0.717, 1.165) is 37.8 Å². The van der Waals surface area contributed by atoms with Crippen LogP contribution in [0.15, 0.2) is 24.3 Å². The number of carbonyl (C=O) groups is 2. The fourth-order valence-electron chi connectivity index (χ4n) is 2.50. The van der Waals surface area contributed by atoms with Gasteiger partial charge in [0.05, 0.1) is 6.61 Å². The van der Waals surface area contributed by atoms with Gasteiger partial charge in [0.1, 0.15) is 12.3 Å². The van der Waals surface area contributed by atoms with E-state index in [4.69, 9.17) is 4.74 Å². The van der Waals surface area contributed by atoms with Gasteiger partial charge >= 0.3 is 5.97 Å². The molecule has 102 valence electrons. The molecule has 1 aromatic carbocycles. The van der Waals surface area contributed by atoms with Crippen molar-refractivity contribution in [2.24, 2.45) is 0 Å². The van der Waals surface area contributed by atoms with E-state index in [-0.39, 0.29) is 12.0 Å². The second-order valence-electron chi connectivity index (χ2n) is 4.67. The van der Waals surface area contributed by atoms with E-state index < -0.39 is 0 Å². The number of piperidine rings is 1. The lowest BCUT2D eigenvalue weighted by Crippen LogP contribution is -2.45. The standard InChI is InChI=1S/C15H19NO3/c1-2-19-15(18)14-8-3-4-9-16(14)13-7-5-6-12(10-13)11-17/h5-7,10-11,14H,2-4,8-9H2,1H3. The zero-order valence-corrected chi connectivity index (χ0v) is 11.2. The molecule has 1 atom stereocenters. The zero-order valence-electron chi connectivity index (χ0n) is 11.2. The molecule has 4 nitrogen and oxygen atoms in total. The molecule has 1 saturated heterocycles. The van der Waals surface area contributed by atoms with Crippen molar-refractivity contribution in [1.82, 2.24) is 0 Å². The molecule has 0 saturated carbocycles. The minimum atomic E-state index is -0.226. The average Bonchev–Trinajstić information content (AvgIpc) is 2.47. The minimum absolute atomic E-state index is 0.168. The molecule has 0 aliphatic carbocycles. The Bertz CT molecular complexity index is 458. The molecule has 0 bridgehead atoms. The molecule has 1 unspecified atom stereocenters. The third-order valence-corrected chi connectivity index (χ3v) is 3.40. The fourth-order valence-corrected chi connectivity index (χ4v) is 2.50. The summed E-state index contributed by atoms with van der Waals surface area (Å²) in [5.41, 5.74) is 1.55. The van der Waals surface area contributed by atoms with Gasteiger partial charge in [-0.1, -0.05) is 12.1 Å². The Morgan fingerprint density at radius 1 is 1.47 bits per heavy atom. The van der Waals surface area contributed by atoms with Gasteiger partial charge in [0.15, 0.2) is 0 Å². The second-order valence-corrected chi connectivity index (χ2v) is 4.67. The number of aldehydes is 1. The number of carbonyl (C=O) groups excluding carboxylic acids is 2. The lowest BCUT2D eigenvalue weighted by Gasteiger charge is -2.35. The van der Waals surface area contributed by atoms with Gasteiger partial charge in [-0.15, -0.1) is 0 Å². The van der Waals surface area contributed by atoms with Crippen LogP contribution in [-0.2, 0) is 9.53 Å². The van der Waals surface area contributed by atoms with E-state index in [2.05, 4.69) is 4.90 Å². The molecule has 19 heavy (non-hydrogen) atoms. The zero-order chi connectivity index (χ0) is 13.7. The summed E-state index contributed by atoms with van der Waals surface area (Å²) >= 11 is 0. The summed E-state index contributed by atoms with van der Waals surface area (Å²) in [7, 11) is 0. The Labute approximate surface area is 113 Å². The van der Waals surface area contributed by atoms with Gasteiger partial charge in [-0.2, -0.15) is 0 Å². The van der Waals surface area contributed by atoms with Crippen molar-refractivity contribution in [3.8, 4) is 0 Å². The van der Waals surface area contributed by atoms with E-state index >= 15 is 0 Å². The monoisotopic (exact) mass is 261 g/mol. The molecule has 1 heterocycles. The van der Waals surface area contributed by atoms with Crippen LogP contribution in [0, 0.1) is 0 Å². The Morgan fingerprint density at radius 2 is 2.32 bits per heavy atom. The third-order valence-electron chi connectivity index (χ3n) is 3.40. The van der Waals surface area contributed by atoms with Gasteiger partial charge in [0, 0.05) is 17.8 Å². The van der Waals surface area contributed by atoms with Crippen LogP contribution < -0.4 is 4.90 Å². The third kappa shape index (κ3) is 3.13. The predicted octanol–water partition coefficient (Wildman–Crippen LogP) is 2.42. The first-order valence-electron chi connectivity index (χ1n) is 6.74. The first kappa shape index (κ1) is 13.6. The molecular weight excluding hydrogens is 242 g/mol. The van der Waals surface area contributed by atoms with E-state index in [1.54, 1.807) is 6.07 Å². The number of ether oxygens (including phenoxy) is 1. The summed E-state index contributed by atoms with van der Waals surface area (Å²) in [5.74, 6) is -0.168. The van der Waals surface area contributed by atoms with Crippen molar-refractivity contribution in [1.29, 1.82) is 0 Å². The van der Waals surface area contributed by atoms with Crippen LogP contribution in [0.4, 0.5) is 5.69 Å². The van der Waals surface area contributed by atoms with Gasteiger partial charge in [-0.25, -0.2) is 4.79 Å². The number of rotatable bonds is 4. The minimum Gasteiger partial charge on any atom is -0.464 e. The van der Waals surface area contributed by atoms with Crippen molar-refractivity contribution in [3.05, 3.63) is 29.8 Å². The lowest BCUT2D eigenvalue weighted by atomic mass is 10.0. The highest BCUT2D eigenvalue weighted by molar-refractivity contribution is 5.82. The highest BCUT2D eigenvalue weighted by Crippen LogP contribution is 2.26. The molecule has 0 spiro atoms. The fraction of sp³-hybridized carbons (Fsp3) is 0.467. The van der Waals surface area contributed by atoms with Crippen molar-refractivity contribution >= 4 is 17.9 Å². The van der Waals surface area contributed by atoms with E-state index in [0.29, 0.717) is 12.2 Å². The summed E-state index contributed by atoms with van der Waals surface area (Å²) in [6.07, 6.45) is 3.73. The van der Waals surface area contributed by atoms with Crippen molar-refractivity contribution in [2.45, 2.75) is 32.2 Å². The molecule has 1 fully saturated rings. The molecule has 1 aromatic rings. The van der Waals surface area contributed by atoms with Crippen molar-refractivity contribution < 1.29 is 14.3 Å². The van der Waals surface area contributed by atoms with Gasteiger partial charge in [0.2, 0.25) is 0 Å². The van der Waals surface area contributed by atoms with Gasteiger partial charge in [0.25, 0.3) is 0 Å². The molecule has 2 rings (SSSR count). The number of hydrogen-bond acceptors (Lipinski definition) is 4. The Kier molecular flexibility index (Phi) is 4.55. The van der Waals surface area contributed by atoms with Crippen molar-refractivity contribution in [3.63, 3.8) is 0 Å². The van der Waals surface area contributed by atoms with E-state index in [1.165, 1.54) is 0 Å². The highest BCUT2D eigenvalue weighted by atomic mass is 16.5. The molecule has 4 heteroatoms. The molecule has 0 aromatic heterocycles. The largest absolute Gasteiger partial charge is 0.464 e. The quantitative estimate of drug-likeness (QED) is 0.617. The number of esters is 1. The topological polar surface area (TPSA) is 46.6 Å². The van der Waals surface area contributed by atoms with E-state index in [1.807, 2.05) is 25.1 Å². The SMILES string of the molecule is CCOC(=O)C1CCCCN1c1cccc(C=O)c1. The van der Waals surface area contributed by atoms with Crippen LogP contribution in [0.2, 0.25) is 0 Å². The van der Waals surface area contributed by atoms with E-state index in [9.17, 15) is 9.59 Å². The Balaban J connectivity index is 2.23. The number of benzene rings is 1. The molecule has 1 aliphatic heterocycles. The lowest BCUT2D eigenvalue weighted by molar-refractivity contribution is -0.145. The van der Waals surface area contributed by atoms with Crippen LogP contribution in [0.3, 0.4) is 0 Å². The predicted molar refractivity (Wildman–Crippen MR) is 73.4 cm³/mol. The smallest absolute Gasteiger partial charge is 0.328 e. The van der Waals surface area contributed by atoms with Gasteiger partial charge in [-0.3, -0.25) is 4.79 Å². The van der Waals surface area contributed by atoms with Gasteiger partial charge < -0.3 is 9.64 Å². The second kappa shape index (κ2) is 6.36. The van der Waals surface area contributed by atoms with Crippen molar-refractivity contribution in [2.75, 3.05) is 18.1 Å². The summed E-state index contributed by atoms with van der Waals surface area (Å²) in [6.45, 7) is 3.04. The number of nitrogens with zero attached hydrogens (tertiary/aromatic N) is 1. The number of hydrogen-bond donors (Lipinski definition) is 0. The van der Waals surface area contributed by atoms with Gasteiger partial charge in [-0.05, 0) is 38.3 Å². The Hall–Kier alpha value is -1.84. The average molecular weight is 261 g/mol. The van der Waals surface area contributed by atoms with Crippen LogP contribution in [0.5, 0.6) is 0 Å². The molecule has 0 amide bonds. The maximum absolute atomic E-state index is 12.0. The maximum Gasteiger partial charge on any atom is 0.328 e. The maximum atomic E-state index is 12.0. The Morgan fingerprint density at radius 3 is 3.05 bits per heavy atom. The summed E-state index contributed by atoms with van der Waals surface area (Å²) in [6, 6.07) is 7.14. The van der Waals surface area contributed by atoms with Crippen LogP contribution in [0.25, 0.3) is 0 Å². The first-order valence-corrected chi connectivity index (χ1v) is 6.74. The summed E-state index contributed by atoms with van der Waals surface area (Å²) in [4.78, 5) is 24.9.